The Hall–Kier alpha value is -3.01. The molecule has 1 aliphatic rings. The number of fused-ring (bicyclic) bond motifs is 1. The van der Waals surface area contributed by atoms with Gasteiger partial charge < -0.3 is 14.6 Å². The van der Waals surface area contributed by atoms with Crippen molar-refractivity contribution in [3.05, 3.63) is 54.2 Å². The number of sulfone groups is 1. The van der Waals surface area contributed by atoms with Crippen molar-refractivity contribution in [2.45, 2.75) is 18.0 Å². The van der Waals surface area contributed by atoms with E-state index < -0.39 is 33.5 Å². The van der Waals surface area contributed by atoms with Gasteiger partial charge in [0.15, 0.2) is 9.84 Å². The Balaban J connectivity index is 1.83. The zero-order chi connectivity index (χ0) is 22.6. The highest BCUT2D eigenvalue weighted by Crippen LogP contribution is 2.36. The second-order valence-corrected chi connectivity index (χ2v) is 9.70. The second kappa shape index (κ2) is 7.30. The van der Waals surface area contributed by atoms with Gasteiger partial charge in [-0.15, -0.1) is 0 Å². The third-order valence-electron chi connectivity index (χ3n) is 5.51. The van der Waals surface area contributed by atoms with E-state index in [4.69, 9.17) is 5.11 Å². The summed E-state index contributed by atoms with van der Waals surface area (Å²) in [4.78, 5) is 12.8. The fourth-order valence-electron chi connectivity index (χ4n) is 3.68. The van der Waals surface area contributed by atoms with Crippen molar-refractivity contribution in [3.8, 4) is 5.69 Å². The van der Waals surface area contributed by atoms with Gasteiger partial charge in [-0.25, -0.2) is 8.42 Å². The van der Waals surface area contributed by atoms with Crippen LogP contribution in [0.25, 0.3) is 16.6 Å². The van der Waals surface area contributed by atoms with Gasteiger partial charge in [0.1, 0.15) is 0 Å². The van der Waals surface area contributed by atoms with Crippen molar-refractivity contribution >= 4 is 32.4 Å². The summed E-state index contributed by atoms with van der Waals surface area (Å²) >= 11 is 0. The third kappa shape index (κ3) is 3.76. The summed E-state index contributed by atoms with van der Waals surface area (Å²) in [5.41, 5.74) is 0.741. The molecule has 0 atom stereocenters. The molecule has 164 valence electrons. The van der Waals surface area contributed by atoms with Crippen LogP contribution in [0.1, 0.15) is 12.5 Å². The number of hydrogen-bond donors (Lipinski definition) is 1. The molecule has 0 amide bonds. The van der Waals surface area contributed by atoms with Crippen LogP contribution in [-0.4, -0.2) is 42.9 Å². The first-order chi connectivity index (χ1) is 14.5. The van der Waals surface area contributed by atoms with Crippen molar-refractivity contribution in [3.63, 3.8) is 0 Å². The predicted molar refractivity (Wildman–Crippen MR) is 109 cm³/mol. The summed E-state index contributed by atoms with van der Waals surface area (Å²) in [5.74, 6) is -1.55. The number of carboxylic acids is 1. The number of rotatable bonds is 5. The molecular weight excluding hydrogens is 433 g/mol. The minimum Gasteiger partial charge on any atom is -0.481 e. The number of anilines is 1. The molecule has 4 rings (SSSR count). The molecule has 2 aromatic carbocycles. The lowest BCUT2D eigenvalue weighted by molar-refractivity contribution is -0.142. The molecule has 2 heterocycles. The van der Waals surface area contributed by atoms with Crippen molar-refractivity contribution in [2.24, 2.45) is 5.92 Å². The van der Waals surface area contributed by atoms with Gasteiger partial charge in [0.05, 0.1) is 27.6 Å². The number of hydrogen-bond acceptors (Lipinski definition) is 4. The molecule has 1 saturated heterocycles. The average Bonchev–Trinajstić information content (AvgIpc) is 3.06. The first-order valence-corrected chi connectivity index (χ1v) is 11.2. The molecule has 1 aliphatic heterocycles. The summed E-state index contributed by atoms with van der Waals surface area (Å²) in [6.45, 7) is 2.15. The molecule has 1 aromatic heterocycles. The molecule has 0 saturated carbocycles. The average molecular weight is 452 g/mol. The maximum atomic E-state index is 13.2. The van der Waals surface area contributed by atoms with Crippen molar-refractivity contribution in [2.75, 3.05) is 23.7 Å². The Bertz CT molecular complexity index is 1280. The highest BCUT2D eigenvalue weighted by molar-refractivity contribution is 7.91. The topological polar surface area (TPSA) is 79.6 Å². The van der Waals surface area contributed by atoms with Crippen molar-refractivity contribution in [1.82, 2.24) is 4.57 Å². The number of nitrogens with zero attached hydrogens (tertiary/aromatic N) is 2. The normalized spacial score (nSPS) is 15.3. The molecule has 0 aliphatic carbocycles. The Labute approximate surface area is 176 Å². The maximum absolute atomic E-state index is 13.2. The Kier molecular flexibility index (Phi) is 5.00. The van der Waals surface area contributed by atoms with Gasteiger partial charge in [-0.2, -0.15) is 13.2 Å². The Morgan fingerprint density at radius 3 is 2.42 bits per heavy atom. The molecule has 0 radical (unpaired) electrons. The maximum Gasteiger partial charge on any atom is 0.416 e. The largest absolute Gasteiger partial charge is 0.481 e. The summed E-state index contributed by atoms with van der Waals surface area (Å²) in [6.07, 6.45) is -3.25. The predicted octanol–water partition coefficient (Wildman–Crippen LogP) is 3.96. The van der Waals surface area contributed by atoms with E-state index in [0.29, 0.717) is 24.3 Å². The van der Waals surface area contributed by atoms with Crippen LogP contribution in [0.4, 0.5) is 18.9 Å². The van der Waals surface area contributed by atoms with Crippen LogP contribution in [0, 0.1) is 5.92 Å². The number of aliphatic carboxylic acids is 1. The molecule has 0 bridgehead atoms. The fraction of sp³-hybridized carbons (Fsp3) is 0.286. The zero-order valence-electron chi connectivity index (χ0n) is 16.4. The van der Waals surface area contributed by atoms with E-state index in [1.165, 1.54) is 19.2 Å². The molecule has 3 aromatic rings. The standard InChI is InChI=1S/C21H19F3N2O4S/c1-2-31(29,30)19-12-26(18-7-6-14(8-17(18)19)21(22,23)24)16-5-3-4-15(9-16)25-10-13(11-25)20(27)28/h3-9,12-13H,2,10-11H2,1H3,(H,27,28). The highest BCUT2D eigenvalue weighted by Gasteiger charge is 2.33. The number of alkyl halides is 3. The van der Waals surface area contributed by atoms with E-state index in [2.05, 4.69) is 0 Å². The van der Waals surface area contributed by atoms with Gasteiger partial charge in [0.2, 0.25) is 0 Å². The summed E-state index contributed by atoms with van der Waals surface area (Å²) in [5, 5.41) is 9.07. The van der Waals surface area contributed by atoms with E-state index in [-0.39, 0.29) is 16.0 Å². The molecule has 10 heteroatoms. The number of halogens is 3. The van der Waals surface area contributed by atoms with Crippen LogP contribution in [0.5, 0.6) is 0 Å². The van der Waals surface area contributed by atoms with Gasteiger partial charge in [0, 0.05) is 36.0 Å². The van der Waals surface area contributed by atoms with E-state index >= 15 is 0 Å². The van der Waals surface area contributed by atoms with E-state index in [9.17, 15) is 26.4 Å². The van der Waals surface area contributed by atoms with Crippen molar-refractivity contribution in [1.29, 1.82) is 0 Å². The van der Waals surface area contributed by atoms with Crippen LogP contribution in [-0.2, 0) is 20.8 Å². The monoisotopic (exact) mass is 452 g/mol. The number of carboxylic acid groups (broad SMARTS) is 1. The fourth-order valence-corrected chi connectivity index (χ4v) is 4.75. The second-order valence-electron chi connectivity index (χ2n) is 7.46. The van der Waals surface area contributed by atoms with Gasteiger partial charge >= 0.3 is 12.1 Å². The number of carbonyl (C=O) groups is 1. The molecule has 1 N–H and O–H groups in total. The highest BCUT2D eigenvalue weighted by atomic mass is 32.2. The smallest absolute Gasteiger partial charge is 0.416 e. The quantitative estimate of drug-likeness (QED) is 0.634. The number of benzene rings is 2. The first kappa shape index (κ1) is 21.2. The van der Waals surface area contributed by atoms with E-state index in [0.717, 1.165) is 17.8 Å². The summed E-state index contributed by atoms with van der Waals surface area (Å²) in [7, 11) is -3.77. The summed E-state index contributed by atoms with van der Waals surface area (Å²) in [6, 6.07) is 10.1. The van der Waals surface area contributed by atoms with Gasteiger partial charge in [-0.1, -0.05) is 13.0 Å². The third-order valence-corrected chi connectivity index (χ3v) is 7.27. The summed E-state index contributed by atoms with van der Waals surface area (Å²) < 4.78 is 66.4. The molecule has 31 heavy (non-hydrogen) atoms. The lowest BCUT2D eigenvalue weighted by Crippen LogP contribution is -2.50. The van der Waals surface area contributed by atoms with Crippen LogP contribution in [0.2, 0.25) is 0 Å². The van der Waals surface area contributed by atoms with Gasteiger partial charge in [-0.3, -0.25) is 4.79 Å². The number of aromatic nitrogens is 1. The van der Waals surface area contributed by atoms with Crippen LogP contribution in [0.3, 0.4) is 0 Å². The van der Waals surface area contributed by atoms with Crippen molar-refractivity contribution < 1.29 is 31.5 Å². The minimum absolute atomic E-state index is 0.0111. The van der Waals surface area contributed by atoms with Crippen LogP contribution >= 0.6 is 0 Å². The molecule has 0 spiro atoms. The lowest BCUT2D eigenvalue weighted by atomic mass is 9.99. The molecule has 6 nitrogen and oxygen atoms in total. The van der Waals surface area contributed by atoms with E-state index in [1.54, 1.807) is 28.8 Å². The van der Waals surface area contributed by atoms with Crippen LogP contribution in [0.15, 0.2) is 53.6 Å². The SMILES string of the molecule is CCS(=O)(=O)c1cn(-c2cccc(N3CC(C(=O)O)C3)c2)c2ccc(C(F)(F)F)cc12. The lowest BCUT2D eigenvalue weighted by Gasteiger charge is -2.38. The molecular formula is C21H19F3N2O4S. The Morgan fingerprint density at radius 2 is 1.81 bits per heavy atom. The van der Waals surface area contributed by atoms with Crippen LogP contribution < -0.4 is 4.90 Å². The van der Waals surface area contributed by atoms with E-state index in [1.807, 2.05) is 4.90 Å². The Morgan fingerprint density at radius 1 is 1.13 bits per heavy atom. The van der Waals surface area contributed by atoms with Gasteiger partial charge in [0.25, 0.3) is 0 Å². The minimum atomic E-state index is -4.60. The molecule has 1 fully saturated rings. The van der Waals surface area contributed by atoms with Gasteiger partial charge in [-0.05, 0) is 36.4 Å². The first-order valence-electron chi connectivity index (χ1n) is 9.54. The molecule has 0 unspecified atom stereocenters. The zero-order valence-corrected chi connectivity index (χ0v) is 17.2.